The Hall–Kier alpha value is -3.17. The molecule has 9 heteroatoms. The number of aryl methyl sites for hydroxylation is 1. The molecular formula is C28H36N4O4S. The van der Waals surface area contributed by atoms with Crippen molar-refractivity contribution in [1.29, 1.82) is 0 Å². The zero-order valence-corrected chi connectivity index (χ0v) is 22.6. The van der Waals surface area contributed by atoms with Gasteiger partial charge in [0.15, 0.2) is 0 Å². The molecule has 0 unspecified atom stereocenters. The largest absolute Gasteiger partial charge is 0.372 e. The van der Waals surface area contributed by atoms with E-state index in [0.29, 0.717) is 24.0 Å². The third-order valence-corrected chi connectivity index (χ3v) is 9.06. The predicted molar refractivity (Wildman–Crippen MR) is 148 cm³/mol. The summed E-state index contributed by atoms with van der Waals surface area (Å²) in [6.07, 6.45) is 3.39. The molecule has 1 aliphatic heterocycles. The van der Waals surface area contributed by atoms with Crippen molar-refractivity contribution in [3.63, 3.8) is 0 Å². The number of amides is 1. The Bertz CT molecular complexity index is 1430. The molecule has 1 aromatic heterocycles. The van der Waals surface area contributed by atoms with E-state index in [9.17, 15) is 18.0 Å². The van der Waals surface area contributed by atoms with Crippen LogP contribution < -0.4 is 15.8 Å². The summed E-state index contributed by atoms with van der Waals surface area (Å²) in [5.41, 5.74) is 2.54. The number of benzene rings is 2. The van der Waals surface area contributed by atoms with E-state index in [4.69, 9.17) is 0 Å². The minimum absolute atomic E-state index is 0.0738. The summed E-state index contributed by atoms with van der Waals surface area (Å²) in [5.74, 6) is -0.393. The molecule has 0 aliphatic carbocycles. The molecule has 37 heavy (non-hydrogen) atoms. The molecule has 1 saturated heterocycles. The Balaban J connectivity index is 1.51. The maximum atomic E-state index is 13.4. The number of nitrogens with zero attached hydrogens (tertiary/aromatic N) is 2. The van der Waals surface area contributed by atoms with Gasteiger partial charge in [-0.25, -0.2) is 8.42 Å². The summed E-state index contributed by atoms with van der Waals surface area (Å²) in [6.45, 7) is 8.62. The number of fused-ring (bicyclic) bond motifs is 1. The molecule has 1 atom stereocenters. The molecule has 0 saturated carbocycles. The van der Waals surface area contributed by atoms with Crippen LogP contribution in [0.3, 0.4) is 0 Å². The summed E-state index contributed by atoms with van der Waals surface area (Å²) in [6, 6.07) is 14.1. The number of pyridine rings is 1. The van der Waals surface area contributed by atoms with E-state index in [1.54, 1.807) is 6.07 Å². The molecule has 0 radical (unpaired) electrons. The van der Waals surface area contributed by atoms with Gasteiger partial charge in [-0.2, -0.15) is 4.31 Å². The maximum Gasteiger partial charge on any atom is 0.252 e. The van der Waals surface area contributed by atoms with Crippen LogP contribution in [0.25, 0.3) is 10.9 Å². The highest BCUT2D eigenvalue weighted by molar-refractivity contribution is 7.89. The smallest absolute Gasteiger partial charge is 0.252 e. The fourth-order valence-corrected chi connectivity index (χ4v) is 6.73. The van der Waals surface area contributed by atoms with Gasteiger partial charge < -0.3 is 15.2 Å². The summed E-state index contributed by atoms with van der Waals surface area (Å²) in [5, 5.41) is 3.33. The number of aromatic nitrogens is 1. The van der Waals surface area contributed by atoms with Crippen molar-refractivity contribution in [3.05, 3.63) is 70.0 Å². The number of nitrogens with one attached hydrogen (secondary N) is 2. The molecule has 1 aliphatic rings. The molecule has 2 heterocycles. The van der Waals surface area contributed by atoms with Crippen LogP contribution in [-0.4, -0.2) is 55.8 Å². The lowest BCUT2D eigenvalue weighted by molar-refractivity contribution is 0.0955. The third kappa shape index (κ3) is 6.05. The molecule has 2 aromatic carbocycles. The Morgan fingerprint density at radius 1 is 1.16 bits per heavy atom. The molecule has 3 aromatic rings. The topological polar surface area (TPSA) is 103 Å². The van der Waals surface area contributed by atoms with Crippen molar-refractivity contribution in [2.24, 2.45) is 0 Å². The molecule has 0 spiro atoms. The highest BCUT2D eigenvalue weighted by Crippen LogP contribution is 2.27. The van der Waals surface area contributed by atoms with Crippen LogP contribution in [0.5, 0.6) is 0 Å². The summed E-state index contributed by atoms with van der Waals surface area (Å²) >= 11 is 0. The number of rotatable bonds is 9. The minimum atomic E-state index is -3.71. The highest BCUT2D eigenvalue weighted by atomic mass is 32.2. The lowest BCUT2D eigenvalue weighted by Gasteiger charge is -2.32. The van der Waals surface area contributed by atoms with E-state index in [0.717, 1.165) is 44.5 Å². The average Bonchev–Trinajstić information content (AvgIpc) is 2.88. The van der Waals surface area contributed by atoms with Gasteiger partial charge in [-0.1, -0.05) is 18.6 Å². The molecule has 0 bridgehead atoms. The molecule has 198 valence electrons. The lowest BCUT2D eigenvalue weighted by Crippen LogP contribution is -2.41. The Morgan fingerprint density at radius 2 is 1.97 bits per heavy atom. The van der Waals surface area contributed by atoms with E-state index < -0.39 is 21.5 Å². The summed E-state index contributed by atoms with van der Waals surface area (Å²) in [4.78, 5) is 30.5. The summed E-state index contributed by atoms with van der Waals surface area (Å²) in [7, 11) is -3.71. The highest BCUT2D eigenvalue weighted by Gasteiger charge is 2.31. The van der Waals surface area contributed by atoms with Crippen molar-refractivity contribution in [2.75, 3.05) is 31.1 Å². The quantitative estimate of drug-likeness (QED) is 0.411. The van der Waals surface area contributed by atoms with Crippen LogP contribution in [0.2, 0.25) is 0 Å². The average molecular weight is 525 g/mol. The van der Waals surface area contributed by atoms with Gasteiger partial charge in [-0.3, -0.25) is 9.59 Å². The second-order valence-electron chi connectivity index (χ2n) is 9.74. The first-order valence-corrected chi connectivity index (χ1v) is 14.4. The van der Waals surface area contributed by atoms with Crippen LogP contribution in [-0.2, 0) is 10.0 Å². The first-order valence-electron chi connectivity index (χ1n) is 13.0. The van der Waals surface area contributed by atoms with Crippen LogP contribution in [0, 0.1) is 6.92 Å². The first-order chi connectivity index (χ1) is 17.7. The number of carbonyl (C=O) groups is 1. The number of carbonyl (C=O) groups excluding carboxylic acids is 1. The fourth-order valence-electron chi connectivity index (χ4n) is 5.01. The standard InChI is InChI=1S/C28H36N4O4S/c1-4-31(22-11-7-9-20(2)17-22)15-8-14-29-28(34)25-19-27(33)30-26-13-12-23(18-24(25)26)37(35,36)32-16-6-5-10-21(32)3/h7,9,11-13,17-19,21H,4-6,8,10,14-16H2,1-3H3,(H,29,34)(H,30,33)/t21-/m0/s1. The van der Waals surface area contributed by atoms with Crippen LogP contribution >= 0.6 is 0 Å². The number of piperidine rings is 1. The Morgan fingerprint density at radius 3 is 2.70 bits per heavy atom. The molecule has 1 amide bonds. The Labute approximate surface area is 218 Å². The predicted octanol–water partition coefficient (Wildman–Crippen LogP) is 4.05. The van der Waals surface area contributed by atoms with Crippen LogP contribution in [0.15, 0.2) is 58.2 Å². The summed E-state index contributed by atoms with van der Waals surface area (Å²) < 4.78 is 28.3. The number of H-pyrrole nitrogens is 1. The van der Waals surface area contributed by atoms with Gasteiger partial charge in [0.2, 0.25) is 15.6 Å². The molecular weight excluding hydrogens is 488 g/mol. The first kappa shape index (κ1) is 26.9. The monoisotopic (exact) mass is 524 g/mol. The van der Waals surface area contributed by atoms with Crippen LogP contribution in [0.1, 0.15) is 55.5 Å². The fraction of sp³-hybridized carbons (Fsp3) is 0.429. The van der Waals surface area contributed by atoms with Gasteiger partial charge >= 0.3 is 0 Å². The number of hydrogen-bond acceptors (Lipinski definition) is 5. The third-order valence-electron chi connectivity index (χ3n) is 7.05. The van der Waals surface area contributed by atoms with Gasteiger partial charge in [0.05, 0.1) is 10.5 Å². The second-order valence-corrected chi connectivity index (χ2v) is 11.6. The number of hydrogen-bond donors (Lipinski definition) is 2. The Kier molecular flexibility index (Phi) is 8.34. The van der Waals surface area contributed by atoms with E-state index in [1.807, 2.05) is 13.0 Å². The van der Waals surface area contributed by atoms with E-state index in [-0.39, 0.29) is 16.5 Å². The minimum Gasteiger partial charge on any atom is -0.372 e. The van der Waals surface area contributed by atoms with Crippen molar-refractivity contribution in [3.8, 4) is 0 Å². The second kappa shape index (κ2) is 11.5. The van der Waals surface area contributed by atoms with Crippen molar-refractivity contribution in [2.45, 2.75) is 57.4 Å². The number of anilines is 1. The van der Waals surface area contributed by atoms with Gasteiger partial charge in [0.25, 0.3) is 5.91 Å². The van der Waals surface area contributed by atoms with Crippen LogP contribution in [0.4, 0.5) is 5.69 Å². The van der Waals surface area contributed by atoms with E-state index in [1.165, 1.54) is 28.1 Å². The van der Waals surface area contributed by atoms with Gasteiger partial charge in [0, 0.05) is 54.9 Å². The molecule has 8 nitrogen and oxygen atoms in total. The van der Waals surface area contributed by atoms with Crippen molar-refractivity contribution in [1.82, 2.24) is 14.6 Å². The van der Waals surface area contributed by atoms with Gasteiger partial charge in [-0.05, 0) is 75.9 Å². The van der Waals surface area contributed by atoms with Crippen molar-refractivity contribution >= 4 is 32.5 Å². The molecule has 4 rings (SSSR count). The van der Waals surface area contributed by atoms with E-state index >= 15 is 0 Å². The molecule has 1 fully saturated rings. The zero-order valence-electron chi connectivity index (χ0n) is 21.8. The number of aromatic amines is 1. The SMILES string of the molecule is CCN(CCCNC(=O)c1cc(=O)[nH]c2ccc(S(=O)(=O)N3CCCC[C@@H]3C)cc12)c1cccc(C)c1. The van der Waals surface area contributed by atoms with Gasteiger partial charge in [0.1, 0.15) is 0 Å². The van der Waals surface area contributed by atoms with Crippen molar-refractivity contribution < 1.29 is 13.2 Å². The van der Waals surface area contributed by atoms with Gasteiger partial charge in [-0.15, -0.1) is 0 Å². The molecule has 2 N–H and O–H groups in total. The maximum absolute atomic E-state index is 13.4. The lowest BCUT2D eigenvalue weighted by atomic mass is 10.1. The normalized spacial score (nSPS) is 16.6. The zero-order chi connectivity index (χ0) is 26.6. The van der Waals surface area contributed by atoms with E-state index in [2.05, 4.69) is 47.2 Å². The number of sulfonamides is 1.